The number of carbonyl (C=O) groups excluding carboxylic acids is 1. The highest BCUT2D eigenvalue weighted by Gasteiger charge is 2.35. The minimum absolute atomic E-state index is 0.0675. The van der Waals surface area contributed by atoms with Gasteiger partial charge in [0.2, 0.25) is 0 Å². The SMILES string of the molecule is CC(C)(C)COC(=O)c1ccccc1C(F)(F)F. The van der Waals surface area contributed by atoms with Gasteiger partial charge in [-0.25, -0.2) is 4.79 Å². The molecule has 100 valence electrons. The van der Waals surface area contributed by atoms with E-state index in [0.29, 0.717) is 0 Å². The van der Waals surface area contributed by atoms with Crippen LogP contribution in [0.25, 0.3) is 0 Å². The normalized spacial score (nSPS) is 12.3. The van der Waals surface area contributed by atoms with Crippen LogP contribution >= 0.6 is 0 Å². The van der Waals surface area contributed by atoms with E-state index in [9.17, 15) is 18.0 Å². The summed E-state index contributed by atoms with van der Waals surface area (Å²) in [6, 6.07) is 4.60. The number of benzene rings is 1. The zero-order chi connectivity index (χ0) is 14.0. The fourth-order valence-electron chi connectivity index (χ4n) is 1.27. The monoisotopic (exact) mass is 260 g/mol. The summed E-state index contributed by atoms with van der Waals surface area (Å²) in [5, 5.41) is 0. The first kappa shape index (κ1) is 14.5. The van der Waals surface area contributed by atoms with Crippen LogP contribution in [0.5, 0.6) is 0 Å². The number of halogens is 3. The molecule has 1 aromatic carbocycles. The van der Waals surface area contributed by atoms with E-state index in [0.717, 1.165) is 12.1 Å². The van der Waals surface area contributed by atoms with E-state index in [4.69, 9.17) is 4.74 Å². The Morgan fingerprint density at radius 3 is 2.22 bits per heavy atom. The number of carbonyl (C=O) groups is 1. The average Bonchev–Trinajstić information content (AvgIpc) is 2.24. The lowest BCUT2D eigenvalue weighted by atomic mass is 9.98. The Bertz CT molecular complexity index is 431. The second-order valence-electron chi connectivity index (χ2n) is 5.18. The molecule has 1 rings (SSSR count). The van der Waals surface area contributed by atoms with Gasteiger partial charge in [-0.3, -0.25) is 0 Å². The molecule has 0 atom stereocenters. The molecular formula is C13H15F3O2. The third-order valence-corrected chi connectivity index (χ3v) is 2.09. The van der Waals surface area contributed by atoms with Crippen molar-refractivity contribution < 1.29 is 22.7 Å². The van der Waals surface area contributed by atoms with Crippen molar-refractivity contribution in [3.63, 3.8) is 0 Å². The van der Waals surface area contributed by atoms with Crippen molar-refractivity contribution in [3.05, 3.63) is 35.4 Å². The van der Waals surface area contributed by atoms with E-state index in [1.165, 1.54) is 12.1 Å². The van der Waals surface area contributed by atoms with Gasteiger partial charge in [0.25, 0.3) is 0 Å². The van der Waals surface area contributed by atoms with Crippen molar-refractivity contribution in [3.8, 4) is 0 Å². The molecular weight excluding hydrogens is 245 g/mol. The fourth-order valence-corrected chi connectivity index (χ4v) is 1.27. The first-order valence-electron chi connectivity index (χ1n) is 5.44. The molecule has 1 aromatic rings. The summed E-state index contributed by atoms with van der Waals surface area (Å²) in [6.07, 6.45) is -4.56. The fraction of sp³-hybridized carbons (Fsp3) is 0.462. The Morgan fingerprint density at radius 1 is 1.17 bits per heavy atom. The van der Waals surface area contributed by atoms with Crippen LogP contribution in [0, 0.1) is 5.41 Å². The third-order valence-electron chi connectivity index (χ3n) is 2.09. The second kappa shape index (κ2) is 5.00. The van der Waals surface area contributed by atoms with Crippen molar-refractivity contribution in [2.75, 3.05) is 6.61 Å². The lowest BCUT2D eigenvalue weighted by Crippen LogP contribution is -2.20. The van der Waals surface area contributed by atoms with E-state index >= 15 is 0 Å². The van der Waals surface area contributed by atoms with Gasteiger partial charge in [0.15, 0.2) is 0 Å². The molecule has 0 unspecified atom stereocenters. The van der Waals surface area contributed by atoms with Gasteiger partial charge in [-0.05, 0) is 17.5 Å². The third kappa shape index (κ3) is 4.05. The number of hydrogen-bond acceptors (Lipinski definition) is 2. The standard InChI is InChI=1S/C13H15F3O2/c1-12(2,3)8-18-11(17)9-6-4-5-7-10(9)13(14,15)16/h4-7H,8H2,1-3H3. The summed E-state index contributed by atoms with van der Waals surface area (Å²) >= 11 is 0. The van der Waals surface area contributed by atoms with Gasteiger partial charge in [-0.2, -0.15) is 13.2 Å². The molecule has 0 aliphatic heterocycles. The van der Waals surface area contributed by atoms with Crippen molar-refractivity contribution in [1.82, 2.24) is 0 Å². The molecule has 0 saturated carbocycles. The quantitative estimate of drug-likeness (QED) is 0.753. The largest absolute Gasteiger partial charge is 0.462 e. The van der Waals surface area contributed by atoms with E-state index < -0.39 is 23.3 Å². The Morgan fingerprint density at radius 2 is 1.72 bits per heavy atom. The van der Waals surface area contributed by atoms with E-state index in [-0.39, 0.29) is 12.0 Å². The minimum Gasteiger partial charge on any atom is -0.462 e. The summed E-state index contributed by atoms with van der Waals surface area (Å²) in [5.41, 5.74) is -1.71. The summed E-state index contributed by atoms with van der Waals surface area (Å²) in [6.45, 7) is 5.56. The number of ether oxygens (including phenoxy) is 1. The Labute approximate surface area is 104 Å². The molecule has 5 heteroatoms. The molecule has 0 N–H and O–H groups in total. The van der Waals surface area contributed by atoms with Crippen LogP contribution in [0.1, 0.15) is 36.7 Å². The number of rotatable bonds is 2. The predicted molar refractivity (Wildman–Crippen MR) is 61.2 cm³/mol. The smallest absolute Gasteiger partial charge is 0.417 e. The van der Waals surface area contributed by atoms with Gasteiger partial charge >= 0.3 is 12.1 Å². The topological polar surface area (TPSA) is 26.3 Å². The summed E-state index contributed by atoms with van der Waals surface area (Å²) < 4.78 is 42.9. The Balaban J connectivity index is 2.93. The van der Waals surface area contributed by atoms with Gasteiger partial charge in [-0.1, -0.05) is 32.9 Å². The molecule has 0 heterocycles. The first-order chi connectivity index (χ1) is 8.11. The van der Waals surface area contributed by atoms with Crippen molar-refractivity contribution in [1.29, 1.82) is 0 Å². The average molecular weight is 260 g/mol. The molecule has 0 bridgehead atoms. The molecule has 0 saturated heterocycles. The van der Waals surface area contributed by atoms with Crippen LogP contribution in [0.15, 0.2) is 24.3 Å². The van der Waals surface area contributed by atoms with Gasteiger partial charge in [0.1, 0.15) is 0 Å². The van der Waals surface area contributed by atoms with Gasteiger partial charge in [-0.15, -0.1) is 0 Å². The van der Waals surface area contributed by atoms with E-state index in [1.54, 1.807) is 0 Å². The maximum Gasteiger partial charge on any atom is 0.417 e. The van der Waals surface area contributed by atoms with E-state index in [1.807, 2.05) is 20.8 Å². The van der Waals surface area contributed by atoms with Crippen LogP contribution in [0.2, 0.25) is 0 Å². The zero-order valence-electron chi connectivity index (χ0n) is 10.5. The molecule has 0 aliphatic carbocycles. The maximum absolute atomic E-state index is 12.7. The molecule has 0 fully saturated rings. The first-order valence-corrected chi connectivity index (χ1v) is 5.44. The van der Waals surface area contributed by atoms with Crippen LogP contribution in [-0.2, 0) is 10.9 Å². The van der Waals surface area contributed by atoms with Crippen LogP contribution in [-0.4, -0.2) is 12.6 Å². The second-order valence-corrected chi connectivity index (χ2v) is 5.18. The highest BCUT2D eigenvalue weighted by atomic mass is 19.4. The molecule has 0 spiro atoms. The molecule has 18 heavy (non-hydrogen) atoms. The molecule has 0 radical (unpaired) electrons. The van der Waals surface area contributed by atoms with Crippen LogP contribution in [0.3, 0.4) is 0 Å². The minimum atomic E-state index is -4.56. The number of hydrogen-bond donors (Lipinski definition) is 0. The van der Waals surface area contributed by atoms with Crippen LogP contribution < -0.4 is 0 Å². The summed E-state index contributed by atoms with van der Waals surface area (Å²) in [5.74, 6) is -0.946. The maximum atomic E-state index is 12.7. The Kier molecular flexibility index (Phi) is 4.04. The molecule has 0 amide bonds. The van der Waals surface area contributed by atoms with Gasteiger partial charge in [0, 0.05) is 0 Å². The molecule has 2 nitrogen and oxygen atoms in total. The lowest BCUT2D eigenvalue weighted by molar-refractivity contribution is -0.138. The zero-order valence-corrected chi connectivity index (χ0v) is 10.5. The molecule has 0 aliphatic rings. The highest BCUT2D eigenvalue weighted by Crippen LogP contribution is 2.32. The summed E-state index contributed by atoms with van der Waals surface area (Å²) in [7, 11) is 0. The lowest BCUT2D eigenvalue weighted by Gasteiger charge is -2.19. The van der Waals surface area contributed by atoms with Crippen molar-refractivity contribution >= 4 is 5.97 Å². The predicted octanol–water partition coefficient (Wildman–Crippen LogP) is 3.91. The summed E-state index contributed by atoms with van der Waals surface area (Å²) in [4.78, 5) is 11.6. The van der Waals surface area contributed by atoms with Gasteiger partial charge < -0.3 is 4.74 Å². The molecule has 0 aromatic heterocycles. The number of alkyl halides is 3. The highest BCUT2D eigenvalue weighted by molar-refractivity contribution is 5.91. The van der Waals surface area contributed by atoms with Gasteiger partial charge in [0.05, 0.1) is 17.7 Å². The van der Waals surface area contributed by atoms with Crippen molar-refractivity contribution in [2.24, 2.45) is 5.41 Å². The van der Waals surface area contributed by atoms with Crippen molar-refractivity contribution in [2.45, 2.75) is 26.9 Å². The number of esters is 1. The Hall–Kier alpha value is -1.52. The van der Waals surface area contributed by atoms with Crippen LogP contribution in [0.4, 0.5) is 13.2 Å². The van der Waals surface area contributed by atoms with E-state index in [2.05, 4.69) is 0 Å².